The zero-order valence-electron chi connectivity index (χ0n) is 12.6. The highest BCUT2D eigenvalue weighted by Crippen LogP contribution is 2.15. The summed E-state index contributed by atoms with van der Waals surface area (Å²) in [6, 6.07) is 7.96. The second-order valence-corrected chi connectivity index (χ2v) is 5.05. The zero-order valence-corrected chi connectivity index (χ0v) is 12.6. The Morgan fingerprint density at radius 1 is 1.35 bits per heavy atom. The van der Waals surface area contributed by atoms with Crippen molar-refractivity contribution in [1.82, 2.24) is 20.2 Å². The second kappa shape index (κ2) is 5.99. The van der Waals surface area contributed by atoms with Crippen molar-refractivity contribution >= 4 is 11.7 Å². The minimum absolute atomic E-state index is 0.158. The van der Waals surface area contributed by atoms with Gasteiger partial charge < -0.3 is 9.84 Å². The molecule has 0 radical (unpaired) electrons. The molecule has 0 aliphatic heterocycles. The first-order valence-corrected chi connectivity index (χ1v) is 6.93. The number of carbonyl (C=O) groups is 1. The molecule has 3 aromatic rings. The highest BCUT2D eigenvalue weighted by Gasteiger charge is 2.16. The van der Waals surface area contributed by atoms with Crippen molar-refractivity contribution in [3.63, 3.8) is 0 Å². The summed E-state index contributed by atoms with van der Waals surface area (Å²) in [5.74, 6) is 0.0796. The molecule has 0 bridgehead atoms. The van der Waals surface area contributed by atoms with Crippen LogP contribution in [0.1, 0.15) is 27.5 Å². The van der Waals surface area contributed by atoms with E-state index in [0.717, 1.165) is 0 Å². The van der Waals surface area contributed by atoms with Gasteiger partial charge in [0.25, 0.3) is 5.91 Å². The molecule has 3 rings (SSSR count). The summed E-state index contributed by atoms with van der Waals surface area (Å²) < 4.78 is 20.1. The number of nitrogens with zero attached hydrogens (tertiary/aromatic N) is 4. The maximum absolute atomic E-state index is 13.7. The fourth-order valence-electron chi connectivity index (χ4n) is 2.06. The predicted octanol–water partition coefficient (Wildman–Crippen LogP) is 2.32. The SMILES string of the molecule is Cc1cc(C(=O)Nc2nnn(Cc3ccccc3F)c2C)no1. The molecule has 0 aliphatic rings. The van der Waals surface area contributed by atoms with Crippen LogP contribution in [0, 0.1) is 19.7 Å². The van der Waals surface area contributed by atoms with Crippen LogP contribution in [0.5, 0.6) is 0 Å². The lowest BCUT2D eigenvalue weighted by atomic mass is 10.2. The normalized spacial score (nSPS) is 10.7. The van der Waals surface area contributed by atoms with Gasteiger partial charge in [-0.05, 0) is 19.9 Å². The Balaban J connectivity index is 1.77. The van der Waals surface area contributed by atoms with E-state index in [4.69, 9.17) is 4.52 Å². The Bertz CT molecular complexity index is 855. The van der Waals surface area contributed by atoms with Crippen LogP contribution in [0.4, 0.5) is 10.2 Å². The van der Waals surface area contributed by atoms with E-state index < -0.39 is 5.91 Å². The Labute approximate surface area is 131 Å². The summed E-state index contributed by atoms with van der Waals surface area (Å²) in [4.78, 5) is 12.0. The average Bonchev–Trinajstić information content (AvgIpc) is 3.10. The number of aryl methyl sites for hydroxylation is 1. The number of carbonyl (C=O) groups excluding carboxylic acids is 1. The van der Waals surface area contributed by atoms with Crippen LogP contribution in [0.15, 0.2) is 34.9 Å². The van der Waals surface area contributed by atoms with Gasteiger partial charge in [0.2, 0.25) is 0 Å². The molecular formula is C15H14FN5O2. The summed E-state index contributed by atoms with van der Waals surface area (Å²) in [6.45, 7) is 3.66. The van der Waals surface area contributed by atoms with E-state index in [2.05, 4.69) is 20.8 Å². The number of halogens is 1. The maximum Gasteiger partial charge on any atom is 0.279 e. The fourth-order valence-corrected chi connectivity index (χ4v) is 2.06. The molecule has 0 unspecified atom stereocenters. The second-order valence-electron chi connectivity index (χ2n) is 5.05. The third-order valence-corrected chi connectivity index (χ3v) is 3.35. The van der Waals surface area contributed by atoms with E-state index in [-0.39, 0.29) is 18.1 Å². The van der Waals surface area contributed by atoms with Crippen molar-refractivity contribution < 1.29 is 13.7 Å². The van der Waals surface area contributed by atoms with E-state index in [0.29, 0.717) is 22.8 Å². The number of amides is 1. The Morgan fingerprint density at radius 3 is 2.83 bits per heavy atom. The molecule has 1 N–H and O–H groups in total. The van der Waals surface area contributed by atoms with Crippen LogP contribution in [0.2, 0.25) is 0 Å². The zero-order chi connectivity index (χ0) is 16.4. The van der Waals surface area contributed by atoms with Gasteiger partial charge in [-0.1, -0.05) is 28.6 Å². The third-order valence-electron chi connectivity index (χ3n) is 3.35. The van der Waals surface area contributed by atoms with Gasteiger partial charge in [0.05, 0.1) is 12.2 Å². The Kier molecular flexibility index (Phi) is 3.88. The lowest BCUT2D eigenvalue weighted by molar-refractivity contribution is 0.101. The van der Waals surface area contributed by atoms with E-state index in [1.807, 2.05) is 0 Å². The number of rotatable bonds is 4. The molecule has 0 spiro atoms. The van der Waals surface area contributed by atoms with E-state index in [9.17, 15) is 9.18 Å². The van der Waals surface area contributed by atoms with E-state index >= 15 is 0 Å². The lowest BCUT2D eigenvalue weighted by Crippen LogP contribution is -2.13. The van der Waals surface area contributed by atoms with Crippen LogP contribution in [-0.4, -0.2) is 26.1 Å². The Hall–Kier alpha value is -3.03. The van der Waals surface area contributed by atoms with Gasteiger partial charge in [-0.15, -0.1) is 5.10 Å². The van der Waals surface area contributed by atoms with Crippen LogP contribution in [0.3, 0.4) is 0 Å². The maximum atomic E-state index is 13.7. The van der Waals surface area contributed by atoms with Gasteiger partial charge in [0.15, 0.2) is 11.5 Å². The number of anilines is 1. The highest BCUT2D eigenvalue weighted by molar-refractivity contribution is 6.02. The molecule has 2 aromatic heterocycles. The molecule has 2 heterocycles. The molecule has 1 amide bonds. The standard InChI is InChI=1S/C15H14FN5O2/c1-9-7-13(19-23-9)15(22)17-14-10(2)21(20-18-14)8-11-5-3-4-6-12(11)16/h3-7H,8H2,1-2H3,(H,17,22). The quantitative estimate of drug-likeness (QED) is 0.798. The van der Waals surface area contributed by atoms with Gasteiger partial charge in [-0.25, -0.2) is 9.07 Å². The van der Waals surface area contributed by atoms with Crippen molar-refractivity contribution in [2.24, 2.45) is 0 Å². The van der Waals surface area contributed by atoms with Crippen molar-refractivity contribution in [2.45, 2.75) is 20.4 Å². The molecular weight excluding hydrogens is 301 g/mol. The third kappa shape index (κ3) is 3.10. The number of hydrogen-bond acceptors (Lipinski definition) is 5. The summed E-state index contributed by atoms with van der Waals surface area (Å²) in [5.41, 5.74) is 1.26. The first-order chi connectivity index (χ1) is 11.0. The smallest absolute Gasteiger partial charge is 0.279 e. The molecule has 0 aliphatic carbocycles. The van der Waals surface area contributed by atoms with Crippen molar-refractivity contribution in [1.29, 1.82) is 0 Å². The summed E-state index contributed by atoms with van der Waals surface area (Å²) >= 11 is 0. The van der Waals surface area contributed by atoms with Crippen molar-refractivity contribution in [3.8, 4) is 0 Å². The first kappa shape index (κ1) is 14.9. The molecule has 23 heavy (non-hydrogen) atoms. The molecule has 0 saturated carbocycles. The van der Waals surface area contributed by atoms with Crippen molar-refractivity contribution in [3.05, 3.63) is 58.9 Å². The van der Waals surface area contributed by atoms with Gasteiger partial charge in [-0.2, -0.15) is 0 Å². The largest absolute Gasteiger partial charge is 0.361 e. The van der Waals surface area contributed by atoms with Gasteiger partial charge in [-0.3, -0.25) is 4.79 Å². The molecule has 0 saturated heterocycles. The minimum atomic E-state index is -0.442. The Morgan fingerprint density at radius 2 is 2.13 bits per heavy atom. The molecule has 8 heteroatoms. The van der Waals surface area contributed by atoms with E-state index in [1.54, 1.807) is 32.0 Å². The van der Waals surface area contributed by atoms with Gasteiger partial charge in [0, 0.05) is 11.6 Å². The number of nitrogens with one attached hydrogen (secondary N) is 1. The number of hydrogen-bond donors (Lipinski definition) is 1. The molecule has 118 valence electrons. The fraction of sp³-hybridized carbons (Fsp3) is 0.200. The number of benzene rings is 1. The van der Waals surface area contributed by atoms with Crippen LogP contribution < -0.4 is 5.32 Å². The summed E-state index contributed by atoms with van der Waals surface area (Å²) in [5, 5.41) is 14.1. The number of aromatic nitrogens is 4. The highest BCUT2D eigenvalue weighted by atomic mass is 19.1. The molecule has 1 aromatic carbocycles. The monoisotopic (exact) mass is 315 g/mol. The van der Waals surface area contributed by atoms with Crippen LogP contribution in [-0.2, 0) is 6.54 Å². The molecule has 0 atom stereocenters. The summed E-state index contributed by atoms with van der Waals surface area (Å²) in [6.07, 6.45) is 0. The van der Waals surface area contributed by atoms with Gasteiger partial charge >= 0.3 is 0 Å². The molecule has 0 fully saturated rings. The first-order valence-electron chi connectivity index (χ1n) is 6.93. The van der Waals surface area contributed by atoms with Crippen molar-refractivity contribution in [2.75, 3.05) is 5.32 Å². The van der Waals surface area contributed by atoms with E-state index in [1.165, 1.54) is 16.8 Å². The van der Waals surface area contributed by atoms with Gasteiger partial charge in [0.1, 0.15) is 11.6 Å². The minimum Gasteiger partial charge on any atom is -0.361 e. The van der Waals surface area contributed by atoms with Crippen LogP contribution in [0.25, 0.3) is 0 Å². The average molecular weight is 315 g/mol. The summed E-state index contributed by atoms with van der Waals surface area (Å²) in [7, 11) is 0. The topological polar surface area (TPSA) is 85.8 Å². The predicted molar refractivity (Wildman–Crippen MR) is 79.5 cm³/mol. The lowest BCUT2D eigenvalue weighted by Gasteiger charge is -2.05. The molecule has 7 nitrogen and oxygen atoms in total. The van der Waals surface area contributed by atoms with Crippen LogP contribution >= 0.6 is 0 Å².